The third kappa shape index (κ3) is 5.82. The molecule has 2 atom stereocenters. The van der Waals surface area contributed by atoms with Gasteiger partial charge >= 0.3 is 0 Å². The number of aromatic hydroxyl groups is 4. The molecule has 1 aliphatic carbocycles. The van der Waals surface area contributed by atoms with E-state index in [4.69, 9.17) is 18.6 Å². The lowest BCUT2D eigenvalue weighted by molar-refractivity contribution is 0.396. The largest absolute Gasteiger partial charge is 0.507 e. The summed E-state index contributed by atoms with van der Waals surface area (Å²) in [5.74, 6) is -0.726. The number of amidine groups is 1. The zero-order valence-electron chi connectivity index (χ0n) is 32.7. The highest BCUT2D eigenvalue weighted by molar-refractivity contribution is 6.36. The monoisotopic (exact) mass is 759 g/mol. The molecule has 0 fully saturated rings. The van der Waals surface area contributed by atoms with Gasteiger partial charge in [0.2, 0.25) is 0 Å². The summed E-state index contributed by atoms with van der Waals surface area (Å²) in [6.45, 7) is 7.84. The smallest absolute Gasteiger partial charge is 0.169 e. The van der Waals surface area contributed by atoms with Crippen LogP contribution in [0, 0.1) is 20.8 Å². The molecule has 9 rings (SSSR count). The number of phenols is 4. The van der Waals surface area contributed by atoms with Gasteiger partial charge in [-0.3, -0.25) is 5.32 Å². The number of phenolic OH excluding ortho intramolecular Hbond substituents is 4. The van der Waals surface area contributed by atoms with Gasteiger partial charge in [-0.05, 0) is 106 Å². The molecule has 1 aliphatic rings. The Morgan fingerprint density at radius 1 is 0.621 bits per heavy atom. The molecule has 0 saturated heterocycles. The van der Waals surface area contributed by atoms with Crippen LogP contribution in [0.5, 0.6) is 23.0 Å². The first kappa shape index (κ1) is 36.8. The molecule has 0 saturated carbocycles. The van der Waals surface area contributed by atoms with Crippen molar-refractivity contribution in [2.75, 3.05) is 0 Å². The fraction of sp³-hybridized carbons (Fsp3) is 0.140. The third-order valence-corrected chi connectivity index (χ3v) is 11.8. The number of nitrogens with zero attached hydrogens (tertiary/aromatic N) is 1. The highest BCUT2D eigenvalue weighted by atomic mass is 16.3. The molecule has 0 heterocycles. The minimum Gasteiger partial charge on any atom is -0.507 e. The maximum Gasteiger partial charge on any atom is 0.169 e. The van der Waals surface area contributed by atoms with Gasteiger partial charge in [-0.15, -0.1) is 0 Å². The summed E-state index contributed by atoms with van der Waals surface area (Å²) in [5.41, 5.74) is 14.3. The molecule has 0 spiro atoms. The Balaban J connectivity index is 1.18. The Morgan fingerprint density at radius 2 is 1.17 bits per heavy atom. The van der Waals surface area contributed by atoms with Crippen LogP contribution in [0.15, 0.2) is 120 Å². The van der Waals surface area contributed by atoms with Crippen LogP contribution in [0.4, 0.5) is 0 Å². The normalized spacial score (nSPS) is 13.6. The lowest BCUT2D eigenvalue weighted by Crippen LogP contribution is -2.31. The van der Waals surface area contributed by atoms with E-state index in [1.807, 2.05) is 39.0 Å². The van der Waals surface area contributed by atoms with Crippen molar-refractivity contribution in [3.8, 4) is 45.3 Å². The molecule has 8 aromatic carbocycles. The topological polar surface area (TPSA) is 131 Å². The van der Waals surface area contributed by atoms with E-state index in [0.717, 1.165) is 49.2 Å². The molecule has 7 N–H and O–H groups in total. The molecule has 7 nitrogen and oxygen atoms in total. The quantitative estimate of drug-likeness (QED) is 0.0240. The average Bonchev–Trinajstić information content (AvgIpc) is 3.64. The minimum atomic E-state index is -0.643. The predicted octanol–water partition coefficient (Wildman–Crippen LogP) is 9.68. The second-order valence-electron chi connectivity index (χ2n) is 15.5. The van der Waals surface area contributed by atoms with E-state index in [9.17, 15) is 20.4 Å². The van der Waals surface area contributed by atoms with Gasteiger partial charge in [0, 0.05) is 34.7 Å². The fourth-order valence-electron chi connectivity index (χ4n) is 9.18. The Hall–Kier alpha value is -6.77. The first-order valence-electron chi connectivity index (χ1n) is 19.4. The van der Waals surface area contributed by atoms with Crippen LogP contribution in [-0.4, -0.2) is 34.1 Å². The molecule has 284 valence electrons. The Morgan fingerprint density at radius 3 is 1.79 bits per heavy atom. The van der Waals surface area contributed by atoms with Crippen LogP contribution in [-0.2, 0) is 6.42 Å². The Kier molecular flexibility index (Phi) is 8.90. The first-order chi connectivity index (χ1) is 27.9. The summed E-state index contributed by atoms with van der Waals surface area (Å²) in [5, 5.41) is 56.7. The van der Waals surface area contributed by atoms with Gasteiger partial charge in [0.1, 0.15) is 31.3 Å². The van der Waals surface area contributed by atoms with Gasteiger partial charge in [0.15, 0.2) is 11.5 Å². The van der Waals surface area contributed by atoms with Crippen molar-refractivity contribution in [3.05, 3.63) is 160 Å². The molecule has 8 aromatic rings. The lowest BCUT2D eigenvalue weighted by atomic mass is 9.78. The second-order valence-corrected chi connectivity index (χ2v) is 15.5. The summed E-state index contributed by atoms with van der Waals surface area (Å²) >= 11 is 0. The highest BCUT2D eigenvalue weighted by Gasteiger charge is 2.36. The van der Waals surface area contributed by atoms with Crippen LogP contribution < -0.4 is 16.5 Å². The van der Waals surface area contributed by atoms with Crippen molar-refractivity contribution in [1.82, 2.24) is 5.32 Å². The summed E-state index contributed by atoms with van der Waals surface area (Å²) in [6.07, 6.45) is -0.547. The Labute approximate surface area is 338 Å². The van der Waals surface area contributed by atoms with Crippen molar-refractivity contribution in [1.29, 1.82) is 0 Å². The first-order valence-corrected chi connectivity index (χ1v) is 19.4. The summed E-state index contributed by atoms with van der Waals surface area (Å²) in [6, 6.07) is 37.8. The molecule has 0 bridgehead atoms. The molecular weight excluding hydrogens is 717 g/mol. The van der Waals surface area contributed by atoms with Crippen molar-refractivity contribution >= 4 is 51.5 Å². The zero-order valence-corrected chi connectivity index (χ0v) is 32.7. The van der Waals surface area contributed by atoms with Crippen molar-refractivity contribution in [3.63, 3.8) is 0 Å². The Bertz CT molecular complexity index is 2980. The van der Waals surface area contributed by atoms with Crippen molar-refractivity contribution in [2.45, 2.75) is 46.3 Å². The van der Waals surface area contributed by atoms with Crippen molar-refractivity contribution in [2.24, 2.45) is 10.7 Å². The summed E-state index contributed by atoms with van der Waals surface area (Å²) in [7, 11) is 7.06. The molecule has 8 heteroatoms. The number of nitrogens with one attached hydrogen (secondary N) is 1. The molecule has 0 aromatic heterocycles. The number of nitrogens with two attached hydrogens (primary N) is 1. The molecule has 58 heavy (non-hydrogen) atoms. The number of aliphatic imine (C=N–C) groups is 1. The van der Waals surface area contributed by atoms with E-state index in [1.165, 1.54) is 5.39 Å². The molecule has 2 unspecified atom stereocenters. The van der Waals surface area contributed by atoms with E-state index in [2.05, 4.69) is 78.1 Å². The second kappa shape index (κ2) is 14.0. The number of hydrogen-bond donors (Lipinski definition) is 6. The summed E-state index contributed by atoms with van der Waals surface area (Å²) < 4.78 is 0. The average molecular weight is 760 g/mol. The minimum absolute atomic E-state index is 0.0649. The van der Waals surface area contributed by atoms with Gasteiger partial charge < -0.3 is 26.2 Å². The van der Waals surface area contributed by atoms with Gasteiger partial charge in [-0.2, -0.15) is 0 Å². The van der Waals surface area contributed by atoms with Crippen LogP contribution in [0.3, 0.4) is 0 Å². The molecule has 2 radical (unpaired) electrons. The molecular formula is C50H42BN3O4. The summed E-state index contributed by atoms with van der Waals surface area (Å²) in [4.78, 5) is 5.16. The van der Waals surface area contributed by atoms with E-state index in [-0.39, 0.29) is 34.8 Å². The van der Waals surface area contributed by atoms with E-state index >= 15 is 0 Å². The third-order valence-electron chi connectivity index (χ3n) is 11.8. The SMILES string of the molecule is [B]c1c2c(c(O)c(C)c1C(C)NC(N=C(N)c1cc(C)cc(C)c1)c1ccc3c4ccccc4c4ccccc4c3c1)-c1c(O)c(-c3ccccc3)c(O)c(O)c1C2. The van der Waals surface area contributed by atoms with Crippen LogP contribution in [0.1, 0.15) is 63.6 Å². The van der Waals surface area contributed by atoms with E-state index in [0.29, 0.717) is 44.7 Å². The zero-order chi connectivity index (χ0) is 40.6. The van der Waals surface area contributed by atoms with Crippen LogP contribution in [0.2, 0.25) is 0 Å². The highest BCUT2D eigenvalue weighted by Crippen LogP contribution is 2.58. The van der Waals surface area contributed by atoms with E-state index < -0.39 is 18.0 Å². The number of aryl methyl sites for hydroxylation is 2. The van der Waals surface area contributed by atoms with E-state index in [1.54, 1.807) is 31.2 Å². The van der Waals surface area contributed by atoms with Gasteiger partial charge in [-0.1, -0.05) is 114 Å². The van der Waals surface area contributed by atoms with Crippen molar-refractivity contribution < 1.29 is 20.4 Å². The van der Waals surface area contributed by atoms with Crippen LogP contribution >= 0.6 is 0 Å². The van der Waals surface area contributed by atoms with Crippen LogP contribution in [0.25, 0.3) is 54.6 Å². The molecule has 0 aliphatic heterocycles. The maximum absolute atomic E-state index is 12.0. The van der Waals surface area contributed by atoms with Gasteiger partial charge in [0.05, 0.1) is 5.56 Å². The van der Waals surface area contributed by atoms with Gasteiger partial charge in [-0.25, -0.2) is 4.99 Å². The van der Waals surface area contributed by atoms with Gasteiger partial charge in [0.25, 0.3) is 0 Å². The maximum atomic E-state index is 12.0. The predicted molar refractivity (Wildman–Crippen MR) is 237 cm³/mol. The number of hydrogen-bond acceptors (Lipinski definition) is 6. The molecule has 0 amide bonds. The fourth-order valence-corrected chi connectivity index (χ4v) is 9.18. The lowest BCUT2D eigenvalue weighted by Gasteiger charge is -2.27. The number of benzene rings is 8. The standard InChI is InChI=1S/C50H42BN3O4/c1-25-20-26(2)22-31(21-25)49(52)54-50(30-18-19-36-34-16-9-8-14-32(34)33-15-10-11-17-35(33)37(36)23-30)53-28(4)40-27(3)45(55)42-38(44(40)51)24-39-43(42)47(57)41(48(58)46(39)56)29-12-6-5-7-13-29/h5-23,28,50,53,55-58H,24H2,1-4H3,(H2,52,54). The number of rotatable bonds is 7. The number of fused-ring (bicyclic) bond motifs is 9.